The van der Waals surface area contributed by atoms with E-state index in [4.69, 9.17) is 11.6 Å². The van der Waals surface area contributed by atoms with E-state index in [0.717, 1.165) is 6.20 Å². The van der Waals surface area contributed by atoms with Gasteiger partial charge in [0.15, 0.2) is 15.6 Å². The third-order valence-electron chi connectivity index (χ3n) is 7.25. The smallest absolute Gasteiger partial charge is 0.384 e. The molecule has 0 saturated carbocycles. The number of fused-ring (bicyclic) bond motifs is 1. The summed E-state index contributed by atoms with van der Waals surface area (Å²) in [5, 5.41) is 14.7. The monoisotopic (exact) mass is 691 g/mol. The largest absolute Gasteiger partial charge is 0.455 e. The van der Waals surface area contributed by atoms with Crippen LogP contribution in [0.1, 0.15) is 42.5 Å². The van der Waals surface area contributed by atoms with Crippen molar-refractivity contribution in [3.63, 3.8) is 0 Å². The Morgan fingerprint density at radius 2 is 1.63 bits per heavy atom. The first-order valence-electron chi connectivity index (χ1n) is 14.0. The highest BCUT2D eigenvalue weighted by Crippen LogP contribution is 2.36. The van der Waals surface area contributed by atoms with Crippen molar-refractivity contribution in [2.75, 3.05) is 24.2 Å². The fourth-order valence-corrected chi connectivity index (χ4v) is 6.79. The molecule has 0 saturated heterocycles. The first-order chi connectivity index (χ1) is 21.4. The Kier molecular flexibility index (Phi) is 10.4. The van der Waals surface area contributed by atoms with Crippen LogP contribution in [0.4, 0.5) is 32.0 Å². The lowest BCUT2D eigenvalue weighted by Crippen LogP contribution is -2.51. The lowest BCUT2D eigenvalue weighted by atomic mass is 10.1. The maximum absolute atomic E-state index is 13.2. The predicted octanol–water partition coefficient (Wildman–Crippen LogP) is 6.49. The summed E-state index contributed by atoms with van der Waals surface area (Å²) in [5.41, 5.74) is -3.59. The molecule has 2 N–H and O–H groups in total. The lowest BCUT2D eigenvalue weighted by Gasteiger charge is -2.33. The van der Waals surface area contributed by atoms with Crippen LogP contribution in [0.5, 0.6) is 0 Å². The molecule has 1 atom stereocenters. The molecule has 0 radical (unpaired) electrons. The van der Waals surface area contributed by atoms with E-state index in [9.17, 15) is 49.5 Å². The first kappa shape index (κ1) is 35.2. The topological polar surface area (TPSA) is 117 Å². The second kappa shape index (κ2) is 13.6. The number of para-hydroxylation sites is 1. The molecule has 1 unspecified atom stereocenters. The summed E-state index contributed by atoms with van der Waals surface area (Å²) in [7, 11) is -4.28. The van der Waals surface area contributed by atoms with Gasteiger partial charge in [-0.1, -0.05) is 42.6 Å². The molecular formula is C30H28ClF6N3O5S. The van der Waals surface area contributed by atoms with E-state index in [1.165, 1.54) is 30.3 Å². The molecule has 3 aromatic rings. The standard InChI is InChI=1S/C30H28ClF6N3O5S/c31-20-9-11-21(12-10-20)46(44,45)18-28(43)15-19(16-29(32,33)34)27(42)40(28)14-6-2-1-5-13-38-25-22-7-3-4-8-24(22)39-17-23(25)26(41)30(35,36)37/h3-4,7-12,15,17,43H,1-2,5-6,13-14,16,18H2,(H,38,39). The van der Waals surface area contributed by atoms with Crippen LogP contribution in [-0.2, 0) is 14.6 Å². The molecule has 8 nitrogen and oxygen atoms in total. The van der Waals surface area contributed by atoms with Crippen LogP contribution in [-0.4, -0.2) is 72.0 Å². The Morgan fingerprint density at radius 1 is 0.978 bits per heavy atom. The van der Waals surface area contributed by atoms with E-state index in [1.54, 1.807) is 18.2 Å². The highest BCUT2D eigenvalue weighted by atomic mass is 35.5. The van der Waals surface area contributed by atoms with Gasteiger partial charge in [-0.05, 0) is 49.2 Å². The van der Waals surface area contributed by atoms with Gasteiger partial charge in [-0.3, -0.25) is 14.6 Å². The zero-order valence-electron chi connectivity index (χ0n) is 24.0. The number of nitrogens with one attached hydrogen (secondary N) is 1. The number of alkyl halides is 6. The van der Waals surface area contributed by atoms with E-state index < -0.39 is 62.9 Å². The van der Waals surface area contributed by atoms with Gasteiger partial charge < -0.3 is 15.3 Å². The van der Waals surface area contributed by atoms with Gasteiger partial charge in [0.1, 0.15) is 5.75 Å². The summed E-state index contributed by atoms with van der Waals surface area (Å²) < 4.78 is 105. The number of benzene rings is 2. The van der Waals surface area contributed by atoms with Gasteiger partial charge in [0.2, 0.25) is 0 Å². The van der Waals surface area contributed by atoms with Gasteiger partial charge >= 0.3 is 12.4 Å². The molecule has 1 aliphatic heterocycles. The number of halogens is 7. The molecule has 0 aliphatic carbocycles. The summed E-state index contributed by atoms with van der Waals surface area (Å²) >= 11 is 5.80. The number of carbonyl (C=O) groups is 2. The Morgan fingerprint density at radius 3 is 2.28 bits per heavy atom. The molecule has 0 bridgehead atoms. The third kappa shape index (κ3) is 8.36. The summed E-state index contributed by atoms with van der Waals surface area (Å²) in [6.45, 7) is -0.120. The Labute approximate surface area is 265 Å². The first-order valence-corrected chi connectivity index (χ1v) is 16.0. The molecule has 4 rings (SSSR count). The van der Waals surface area contributed by atoms with Crippen LogP contribution in [0.15, 0.2) is 71.3 Å². The summed E-state index contributed by atoms with van der Waals surface area (Å²) in [6.07, 6.45) is -8.70. The quantitative estimate of drug-likeness (QED) is 0.120. The highest BCUT2D eigenvalue weighted by Gasteiger charge is 2.49. The van der Waals surface area contributed by atoms with E-state index in [2.05, 4.69) is 10.3 Å². The number of carbonyl (C=O) groups excluding carboxylic acids is 2. The fourth-order valence-electron chi connectivity index (χ4n) is 5.15. The Bertz CT molecular complexity index is 1750. The van der Waals surface area contributed by atoms with Crippen molar-refractivity contribution in [3.8, 4) is 0 Å². The molecule has 2 aromatic carbocycles. The molecule has 46 heavy (non-hydrogen) atoms. The fraction of sp³-hybridized carbons (Fsp3) is 0.367. The van der Waals surface area contributed by atoms with Crippen LogP contribution in [0, 0.1) is 0 Å². The number of hydrogen-bond acceptors (Lipinski definition) is 7. The average Bonchev–Trinajstić information content (AvgIpc) is 3.17. The van der Waals surface area contributed by atoms with Crippen molar-refractivity contribution < 1.29 is 49.5 Å². The maximum atomic E-state index is 13.2. The molecule has 0 fully saturated rings. The summed E-state index contributed by atoms with van der Waals surface area (Å²) in [4.78, 5) is 29.3. The van der Waals surface area contributed by atoms with Gasteiger partial charge in [0.25, 0.3) is 11.7 Å². The molecule has 0 spiro atoms. The van der Waals surface area contributed by atoms with Crippen molar-refractivity contribution in [1.82, 2.24) is 9.88 Å². The van der Waals surface area contributed by atoms with Gasteiger partial charge in [0, 0.05) is 35.3 Å². The number of aliphatic hydroxyl groups is 1. The molecule has 16 heteroatoms. The van der Waals surface area contributed by atoms with Crippen LogP contribution in [0.2, 0.25) is 5.02 Å². The zero-order chi connectivity index (χ0) is 33.9. The molecule has 1 aromatic heterocycles. The number of anilines is 1. The van der Waals surface area contributed by atoms with Crippen LogP contribution >= 0.6 is 11.6 Å². The summed E-state index contributed by atoms with van der Waals surface area (Å²) in [5.74, 6) is -4.27. The molecular weight excluding hydrogens is 664 g/mol. The number of aromatic nitrogens is 1. The van der Waals surface area contributed by atoms with Crippen molar-refractivity contribution in [3.05, 3.63) is 77.0 Å². The zero-order valence-corrected chi connectivity index (χ0v) is 25.5. The lowest BCUT2D eigenvalue weighted by molar-refractivity contribution is -0.145. The summed E-state index contributed by atoms with van der Waals surface area (Å²) in [6, 6.07) is 11.3. The Balaban J connectivity index is 1.40. The van der Waals surface area contributed by atoms with Crippen molar-refractivity contribution in [1.29, 1.82) is 0 Å². The molecule has 2 heterocycles. The SMILES string of the molecule is O=C1C(CC(F)(F)F)=CC(O)(CS(=O)(=O)c2ccc(Cl)cc2)N1CCCCCCNc1c(C(=O)C(F)(F)F)cnc2ccccc12. The molecule has 248 valence electrons. The van der Waals surface area contributed by atoms with E-state index in [1.807, 2.05) is 0 Å². The van der Waals surface area contributed by atoms with E-state index in [0.29, 0.717) is 41.1 Å². The highest BCUT2D eigenvalue weighted by molar-refractivity contribution is 7.91. The van der Waals surface area contributed by atoms with Crippen LogP contribution in [0.25, 0.3) is 10.9 Å². The number of pyridine rings is 1. The van der Waals surface area contributed by atoms with Gasteiger partial charge in [-0.15, -0.1) is 0 Å². The van der Waals surface area contributed by atoms with Crippen LogP contribution < -0.4 is 5.32 Å². The minimum Gasteiger partial charge on any atom is -0.384 e. The van der Waals surface area contributed by atoms with Gasteiger partial charge in [-0.2, -0.15) is 26.3 Å². The number of Topliss-reactive ketones (excluding diaryl/α,β-unsaturated/α-hetero) is 1. The minimum absolute atomic E-state index is 0.0224. The van der Waals surface area contributed by atoms with Crippen molar-refractivity contribution >= 4 is 49.7 Å². The third-order valence-corrected chi connectivity index (χ3v) is 9.29. The predicted molar refractivity (Wildman–Crippen MR) is 158 cm³/mol. The second-order valence-corrected chi connectivity index (χ2v) is 13.2. The van der Waals surface area contributed by atoms with Crippen molar-refractivity contribution in [2.24, 2.45) is 0 Å². The van der Waals surface area contributed by atoms with Crippen molar-refractivity contribution in [2.45, 2.75) is 55.1 Å². The van der Waals surface area contributed by atoms with Crippen LogP contribution in [0.3, 0.4) is 0 Å². The number of hydrogen-bond donors (Lipinski definition) is 2. The minimum atomic E-state index is -5.11. The van der Waals surface area contributed by atoms with Gasteiger partial charge in [0.05, 0.1) is 28.1 Å². The number of nitrogens with zero attached hydrogens (tertiary/aromatic N) is 2. The number of sulfone groups is 1. The number of rotatable bonds is 13. The molecule has 1 amide bonds. The normalized spacial score (nSPS) is 17.4. The maximum Gasteiger partial charge on any atom is 0.455 e. The molecule has 1 aliphatic rings. The Hall–Kier alpha value is -3.69. The van der Waals surface area contributed by atoms with E-state index in [-0.39, 0.29) is 35.1 Å². The van der Waals surface area contributed by atoms with Gasteiger partial charge in [-0.25, -0.2) is 8.42 Å². The van der Waals surface area contributed by atoms with E-state index >= 15 is 0 Å². The number of amides is 1. The number of unbranched alkanes of at least 4 members (excludes halogenated alkanes) is 3. The average molecular weight is 692 g/mol. The second-order valence-electron chi connectivity index (χ2n) is 10.7. The number of ketones is 1.